The van der Waals surface area contributed by atoms with Gasteiger partial charge in [-0.3, -0.25) is 4.79 Å². The molecule has 0 rings (SSSR count). The number of hydrogen-bond acceptors (Lipinski definition) is 5. The monoisotopic (exact) mass is 876 g/mol. The quantitative estimate of drug-likeness (QED) is 0.0309. The number of hydrogen-bond donors (Lipinski definition) is 5. The van der Waals surface area contributed by atoms with Crippen LogP contribution in [0.2, 0.25) is 0 Å². The standard InChI is InChI=1S/C56H109NO5/c1-3-5-7-9-11-13-15-16-17-18-19-20-21-22-23-24-25-26-27-28-29-30-31-32-33-34-35-36-37-38-39-40-42-44-46-48-50-54(60)56(62)57-52(51-58)55(61)53(59)49-47-45-43-41-14-12-10-8-6-4-2/h23-24,26-27,52-55,58-61H,3-22,25,28-51H2,1-2H3,(H,57,62)/b24-23-,27-26-. The Morgan fingerprint density at radius 2 is 0.694 bits per heavy atom. The van der Waals surface area contributed by atoms with E-state index in [2.05, 4.69) is 43.5 Å². The van der Waals surface area contributed by atoms with Crippen molar-refractivity contribution >= 4 is 5.91 Å². The highest BCUT2D eigenvalue weighted by Gasteiger charge is 2.28. The summed E-state index contributed by atoms with van der Waals surface area (Å²) in [6, 6.07) is -0.982. The summed E-state index contributed by atoms with van der Waals surface area (Å²) in [5.41, 5.74) is 0. The van der Waals surface area contributed by atoms with E-state index >= 15 is 0 Å². The second kappa shape index (κ2) is 50.8. The Kier molecular flexibility index (Phi) is 49.8. The van der Waals surface area contributed by atoms with Gasteiger partial charge in [0.1, 0.15) is 12.2 Å². The van der Waals surface area contributed by atoms with E-state index < -0.39 is 36.9 Å². The van der Waals surface area contributed by atoms with Gasteiger partial charge in [0, 0.05) is 0 Å². The lowest BCUT2D eigenvalue weighted by Crippen LogP contribution is -2.53. The van der Waals surface area contributed by atoms with E-state index in [0.29, 0.717) is 12.8 Å². The first kappa shape index (κ1) is 60.8. The van der Waals surface area contributed by atoms with Crippen LogP contribution < -0.4 is 5.32 Å². The number of carbonyl (C=O) groups is 1. The van der Waals surface area contributed by atoms with Gasteiger partial charge in [-0.05, 0) is 44.9 Å². The summed E-state index contributed by atoms with van der Waals surface area (Å²) in [6.07, 6.45) is 61.3. The molecular weight excluding hydrogens is 767 g/mol. The molecule has 368 valence electrons. The highest BCUT2D eigenvalue weighted by Crippen LogP contribution is 2.18. The molecule has 6 nitrogen and oxygen atoms in total. The second-order valence-corrected chi connectivity index (χ2v) is 19.3. The van der Waals surface area contributed by atoms with Crippen LogP contribution in [0.25, 0.3) is 0 Å². The third-order valence-corrected chi connectivity index (χ3v) is 13.2. The van der Waals surface area contributed by atoms with E-state index in [4.69, 9.17) is 0 Å². The lowest BCUT2D eigenvalue weighted by molar-refractivity contribution is -0.132. The fraction of sp³-hybridized carbons (Fsp3) is 0.911. The van der Waals surface area contributed by atoms with Gasteiger partial charge in [-0.2, -0.15) is 0 Å². The van der Waals surface area contributed by atoms with Crippen molar-refractivity contribution in [1.29, 1.82) is 0 Å². The minimum Gasteiger partial charge on any atom is -0.394 e. The van der Waals surface area contributed by atoms with Gasteiger partial charge in [0.2, 0.25) is 5.91 Å². The number of amides is 1. The first-order valence-electron chi connectivity index (χ1n) is 27.7. The number of allylic oxidation sites excluding steroid dienone is 4. The van der Waals surface area contributed by atoms with Crippen LogP contribution in [0.4, 0.5) is 0 Å². The van der Waals surface area contributed by atoms with E-state index in [1.807, 2.05) is 0 Å². The van der Waals surface area contributed by atoms with Crippen molar-refractivity contribution in [3.63, 3.8) is 0 Å². The van der Waals surface area contributed by atoms with Crippen molar-refractivity contribution in [2.75, 3.05) is 6.61 Å². The molecule has 0 saturated carbocycles. The highest BCUT2D eigenvalue weighted by molar-refractivity contribution is 5.80. The van der Waals surface area contributed by atoms with Crippen LogP contribution >= 0.6 is 0 Å². The predicted octanol–water partition coefficient (Wildman–Crippen LogP) is 15.9. The highest BCUT2D eigenvalue weighted by atomic mass is 16.3. The van der Waals surface area contributed by atoms with Gasteiger partial charge in [0.25, 0.3) is 0 Å². The lowest BCUT2D eigenvalue weighted by atomic mass is 9.99. The first-order valence-corrected chi connectivity index (χ1v) is 27.7. The fourth-order valence-corrected chi connectivity index (χ4v) is 8.79. The van der Waals surface area contributed by atoms with Crippen molar-refractivity contribution < 1.29 is 25.2 Å². The number of carbonyl (C=O) groups excluding carboxylic acids is 1. The van der Waals surface area contributed by atoms with Crippen molar-refractivity contribution in [3.05, 3.63) is 24.3 Å². The predicted molar refractivity (Wildman–Crippen MR) is 270 cm³/mol. The van der Waals surface area contributed by atoms with Crippen molar-refractivity contribution in [1.82, 2.24) is 5.32 Å². The molecule has 62 heavy (non-hydrogen) atoms. The van der Waals surface area contributed by atoms with Crippen LogP contribution in [0.5, 0.6) is 0 Å². The van der Waals surface area contributed by atoms with Crippen LogP contribution in [0.15, 0.2) is 24.3 Å². The van der Waals surface area contributed by atoms with Gasteiger partial charge in [-0.1, -0.05) is 276 Å². The normalized spacial score (nSPS) is 14.0. The van der Waals surface area contributed by atoms with Crippen molar-refractivity contribution in [3.8, 4) is 0 Å². The number of nitrogens with one attached hydrogen (secondary N) is 1. The van der Waals surface area contributed by atoms with Crippen LogP contribution in [-0.4, -0.2) is 57.3 Å². The first-order chi connectivity index (χ1) is 30.5. The molecule has 0 aromatic carbocycles. The summed E-state index contributed by atoms with van der Waals surface area (Å²) in [4.78, 5) is 12.5. The maximum atomic E-state index is 12.5. The molecule has 5 N–H and O–H groups in total. The van der Waals surface area contributed by atoms with Crippen LogP contribution in [0, 0.1) is 0 Å². The third kappa shape index (κ3) is 44.0. The molecule has 0 heterocycles. The van der Waals surface area contributed by atoms with Gasteiger partial charge in [0.15, 0.2) is 0 Å². The molecule has 0 spiro atoms. The van der Waals surface area contributed by atoms with E-state index in [-0.39, 0.29) is 0 Å². The van der Waals surface area contributed by atoms with Gasteiger partial charge >= 0.3 is 0 Å². The Morgan fingerprint density at radius 3 is 1.02 bits per heavy atom. The smallest absolute Gasteiger partial charge is 0.249 e. The Labute approximate surface area is 386 Å². The van der Waals surface area contributed by atoms with Gasteiger partial charge in [-0.15, -0.1) is 0 Å². The Balaban J connectivity index is 3.51. The van der Waals surface area contributed by atoms with Crippen LogP contribution in [0.3, 0.4) is 0 Å². The Bertz CT molecular complexity index is 939. The minimum atomic E-state index is -1.26. The number of aliphatic hydroxyl groups is 4. The molecule has 0 aromatic heterocycles. The molecular formula is C56H109NO5. The van der Waals surface area contributed by atoms with Crippen LogP contribution in [0.1, 0.15) is 296 Å². The Morgan fingerprint density at radius 1 is 0.403 bits per heavy atom. The van der Waals surface area contributed by atoms with E-state index in [1.54, 1.807) is 0 Å². The SMILES string of the molecule is CCCCCCCCCCCCCCC/C=C\C/C=C\CCCCCCCCCCCCCCCCCCC(O)C(=O)NC(CO)C(O)C(O)CCCCCCCCCCCC. The van der Waals surface area contributed by atoms with E-state index in [9.17, 15) is 25.2 Å². The maximum absolute atomic E-state index is 12.5. The molecule has 0 radical (unpaired) electrons. The topological polar surface area (TPSA) is 110 Å². The largest absolute Gasteiger partial charge is 0.394 e. The summed E-state index contributed by atoms with van der Waals surface area (Å²) < 4.78 is 0. The molecule has 4 atom stereocenters. The summed E-state index contributed by atoms with van der Waals surface area (Å²) in [5, 5.41) is 43.7. The zero-order valence-electron chi connectivity index (χ0n) is 41.6. The number of aliphatic hydroxyl groups excluding tert-OH is 4. The third-order valence-electron chi connectivity index (χ3n) is 13.2. The molecule has 0 aliphatic carbocycles. The molecule has 0 saturated heterocycles. The Hall–Kier alpha value is -1.21. The molecule has 0 aromatic rings. The number of unbranched alkanes of at least 4 members (excludes halogenated alkanes) is 38. The second-order valence-electron chi connectivity index (χ2n) is 19.3. The molecule has 0 fully saturated rings. The molecule has 1 amide bonds. The zero-order valence-corrected chi connectivity index (χ0v) is 41.6. The zero-order chi connectivity index (χ0) is 45.2. The summed E-state index contributed by atoms with van der Waals surface area (Å²) in [6.45, 7) is 4.05. The molecule has 4 unspecified atom stereocenters. The van der Waals surface area contributed by atoms with Gasteiger partial charge < -0.3 is 25.7 Å². The van der Waals surface area contributed by atoms with E-state index in [0.717, 1.165) is 44.9 Å². The molecule has 6 heteroatoms. The lowest BCUT2D eigenvalue weighted by Gasteiger charge is -2.27. The summed E-state index contributed by atoms with van der Waals surface area (Å²) in [7, 11) is 0. The maximum Gasteiger partial charge on any atom is 0.249 e. The number of rotatable bonds is 51. The molecule has 0 bridgehead atoms. The van der Waals surface area contributed by atoms with Gasteiger partial charge in [-0.25, -0.2) is 0 Å². The van der Waals surface area contributed by atoms with Crippen molar-refractivity contribution in [2.24, 2.45) is 0 Å². The summed E-state index contributed by atoms with van der Waals surface area (Å²) in [5.74, 6) is -0.582. The van der Waals surface area contributed by atoms with Gasteiger partial charge in [0.05, 0.1) is 18.8 Å². The minimum absolute atomic E-state index is 0.371. The van der Waals surface area contributed by atoms with Crippen molar-refractivity contribution in [2.45, 2.75) is 321 Å². The molecule has 0 aliphatic heterocycles. The summed E-state index contributed by atoms with van der Waals surface area (Å²) >= 11 is 0. The van der Waals surface area contributed by atoms with Crippen LogP contribution in [-0.2, 0) is 4.79 Å². The van der Waals surface area contributed by atoms with E-state index in [1.165, 1.54) is 225 Å². The average Bonchev–Trinajstić information content (AvgIpc) is 3.28. The average molecular weight is 876 g/mol. The molecule has 0 aliphatic rings. The fourth-order valence-electron chi connectivity index (χ4n) is 8.79.